The van der Waals surface area contributed by atoms with Crippen molar-refractivity contribution in [1.29, 1.82) is 0 Å². The van der Waals surface area contributed by atoms with E-state index in [1.165, 1.54) is 12.1 Å². The molecule has 140 valence electrons. The smallest absolute Gasteiger partial charge is 0.252 e. The van der Waals surface area contributed by atoms with E-state index >= 15 is 0 Å². The molecular weight excluding hydrogens is 364 g/mol. The number of nitrogens with one attached hydrogen (secondary N) is 1. The molecule has 0 bridgehead atoms. The summed E-state index contributed by atoms with van der Waals surface area (Å²) in [6, 6.07) is 9.93. The van der Waals surface area contributed by atoms with Gasteiger partial charge in [0, 0.05) is 25.1 Å². The van der Waals surface area contributed by atoms with Crippen LogP contribution in [0.5, 0.6) is 0 Å². The maximum absolute atomic E-state index is 12.5. The summed E-state index contributed by atoms with van der Waals surface area (Å²) >= 11 is 0. The third-order valence-corrected chi connectivity index (χ3v) is 5.97. The van der Waals surface area contributed by atoms with Crippen molar-refractivity contribution < 1.29 is 13.2 Å². The highest BCUT2D eigenvalue weighted by Crippen LogP contribution is 2.17. The van der Waals surface area contributed by atoms with Crippen LogP contribution in [0.3, 0.4) is 0 Å². The predicted molar refractivity (Wildman–Crippen MR) is 101 cm³/mol. The number of nitrogens with zero attached hydrogens (tertiary/aromatic N) is 3. The first kappa shape index (κ1) is 18.8. The first-order chi connectivity index (χ1) is 12.9. The summed E-state index contributed by atoms with van der Waals surface area (Å²) in [5, 5.41) is 2.75. The van der Waals surface area contributed by atoms with Gasteiger partial charge in [0.25, 0.3) is 5.91 Å². The fraction of sp³-hybridized carbons (Fsp3) is 0.211. The molecule has 0 aliphatic heterocycles. The molecule has 1 N–H and O–H groups in total. The third kappa shape index (κ3) is 4.06. The van der Waals surface area contributed by atoms with E-state index in [4.69, 9.17) is 0 Å². The van der Waals surface area contributed by atoms with Gasteiger partial charge in [-0.25, -0.2) is 18.4 Å². The van der Waals surface area contributed by atoms with Crippen LogP contribution in [0.4, 0.5) is 0 Å². The van der Waals surface area contributed by atoms with Crippen molar-refractivity contribution in [2.24, 2.45) is 0 Å². The number of hydrogen-bond donors (Lipinski definition) is 1. The van der Waals surface area contributed by atoms with Crippen LogP contribution in [0.1, 0.15) is 28.7 Å². The SMILES string of the molecule is CCS(=O)(=O)c1ccccc1C(=O)NCc1ccc(-n2ccnc2C)nc1. The Kier molecular flexibility index (Phi) is 5.36. The minimum absolute atomic E-state index is 0.0501. The number of aromatic nitrogens is 3. The monoisotopic (exact) mass is 384 g/mol. The fourth-order valence-corrected chi connectivity index (χ4v) is 3.74. The molecule has 2 aromatic heterocycles. The minimum atomic E-state index is -3.47. The molecule has 0 radical (unpaired) electrons. The summed E-state index contributed by atoms with van der Waals surface area (Å²) in [4.78, 5) is 21.1. The molecule has 8 heteroatoms. The van der Waals surface area contributed by atoms with E-state index in [2.05, 4.69) is 15.3 Å². The highest BCUT2D eigenvalue weighted by atomic mass is 32.2. The lowest BCUT2D eigenvalue weighted by molar-refractivity contribution is 0.0947. The Morgan fingerprint density at radius 1 is 1.15 bits per heavy atom. The van der Waals surface area contributed by atoms with Gasteiger partial charge in [-0.2, -0.15) is 0 Å². The Bertz CT molecular complexity index is 1060. The minimum Gasteiger partial charge on any atom is -0.348 e. The molecular formula is C19H20N4O3S. The van der Waals surface area contributed by atoms with Gasteiger partial charge in [0.2, 0.25) is 0 Å². The highest BCUT2D eigenvalue weighted by Gasteiger charge is 2.20. The van der Waals surface area contributed by atoms with Crippen molar-refractivity contribution in [3.63, 3.8) is 0 Å². The Morgan fingerprint density at radius 3 is 2.56 bits per heavy atom. The van der Waals surface area contributed by atoms with Gasteiger partial charge in [0.1, 0.15) is 11.6 Å². The standard InChI is InChI=1S/C19H20N4O3S/c1-3-27(25,26)17-7-5-4-6-16(17)19(24)22-13-15-8-9-18(21-12-15)23-11-10-20-14(23)2/h4-12H,3,13H2,1-2H3,(H,22,24). The molecule has 0 atom stereocenters. The summed E-state index contributed by atoms with van der Waals surface area (Å²) < 4.78 is 26.2. The second-order valence-corrected chi connectivity index (χ2v) is 8.20. The fourth-order valence-electron chi connectivity index (χ4n) is 2.64. The Labute approximate surface area is 158 Å². The second-order valence-electron chi connectivity index (χ2n) is 5.95. The average molecular weight is 384 g/mol. The molecule has 1 amide bonds. The number of carbonyl (C=O) groups excluding carboxylic acids is 1. The van der Waals surface area contributed by atoms with Gasteiger partial charge in [-0.1, -0.05) is 25.1 Å². The van der Waals surface area contributed by atoms with Crippen LogP contribution in [0.25, 0.3) is 5.82 Å². The largest absolute Gasteiger partial charge is 0.348 e. The first-order valence-electron chi connectivity index (χ1n) is 8.47. The normalized spacial score (nSPS) is 11.3. The number of sulfone groups is 1. The first-order valence-corrected chi connectivity index (χ1v) is 10.1. The van der Waals surface area contributed by atoms with E-state index in [9.17, 15) is 13.2 Å². The van der Waals surface area contributed by atoms with Gasteiger partial charge < -0.3 is 5.32 Å². The molecule has 3 aromatic rings. The maximum atomic E-state index is 12.5. The summed E-state index contributed by atoms with van der Waals surface area (Å²) in [6.07, 6.45) is 5.20. The van der Waals surface area contributed by atoms with Crippen LogP contribution in [-0.2, 0) is 16.4 Å². The van der Waals surface area contributed by atoms with E-state index in [0.29, 0.717) is 0 Å². The van der Waals surface area contributed by atoms with E-state index in [-0.39, 0.29) is 22.8 Å². The lowest BCUT2D eigenvalue weighted by atomic mass is 10.2. The molecule has 2 heterocycles. The van der Waals surface area contributed by atoms with Crippen molar-refractivity contribution in [3.8, 4) is 5.82 Å². The molecule has 27 heavy (non-hydrogen) atoms. The quantitative estimate of drug-likeness (QED) is 0.704. The number of hydrogen-bond acceptors (Lipinski definition) is 5. The van der Waals surface area contributed by atoms with E-state index in [1.54, 1.807) is 31.5 Å². The van der Waals surface area contributed by atoms with Crippen molar-refractivity contribution in [2.75, 3.05) is 5.75 Å². The van der Waals surface area contributed by atoms with Gasteiger partial charge in [0.15, 0.2) is 9.84 Å². The van der Waals surface area contributed by atoms with Crippen molar-refractivity contribution >= 4 is 15.7 Å². The number of pyridine rings is 1. The number of amides is 1. The van der Waals surface area contributed by atoms with Gasteiger partial charge in [0.05, 0.1) is 16.2 Å². The Morgan fingerprint density at radius 2 is 1.93 bits per heavy atom. The lowest BCUT2D eigenvalue weighted by Crippen LogP contribution is -2.25. The van der Waals surface area contributed by atoms with Crippen molar-refractivity contribution in [2.45, 2.75) is 25.3 Å². The molecule has 7 nitrogen and oxygen atoms in total. The molecule has 0 saturated heterocycles. The summed E-state index contributed by atoms with van der Waals surface area (Å²) in [7, 11) is -3.47. The predicted octanol–water partition coefficient (Wildman–Crippen LogP) is 2.30. The van der Waals surface area contributed by atoms with Crippen LogP contribution >= 0.6 is 0 Å². The molecule has 0 unspecified atom stereocenters. The average Bonchev–Trinajstić information content (AvgIpc) is 3.12. The topological polar surface area (TPSA) is 94.0 Å². The summed E-state index contributed by atoms with van der Waals surface area (Å²) in [6.45, 7) is 3.69. The zero-order valence-corrected chi connectivity index (χ0v) is 15.9. The number of aryl methyl sites for hydroxylation is 1. The molecule has 0 spiro atoms. The number of rotatable bonds is 6. The van der Waals surface area contributed by atoms with Crippen LogP contribution in [0.15, 0.2) is 59.9 Å². The zero-order valence-electron chi connectivity index (χ0n) is 15.1. The van der Waals surface area contributed by atoms with Crippen LogP contribution in [0, 0.1) is 6.92 Å². The van der Waals surface area contributed by atoms with Crippen molar-refractivity contribution in [1.82, 2.24) is 19.9 Å². The number of carbonyl (C=O) groups is 1. The van der Waals surface area contributed by atoms with Crippen LogP contribution in [-0.4, -0.2) is 34.6 Å². The Hall–Kier alpha value is -3.00. The lowest BCUT2D eigenvalue weighted by Gasteiger charge is -2.10. The van der Waals surface area contributed by atoms with Gasteiger partial charge >= 0.3 is 0 Å². The number of benzene rings is 1. The van der Waals surface area contributed by atoms with Gasteiger partial charge in [-0.15, -0.1) is 0 Å². The molecule has 0 aliphatic rings. The summed E-state index contributed by atoms with van der Waals surface area (Å²) in [5.41, 5.74) is 0.957. The second kappa shape index (κ2) is 7.71. The summed E-state index contributed by atoms with van der Waals surface area (Å²) in [5.74, 6) is 1.07. The van der Waals surface area contributed by atoms with E-state index in [1.807, 2.05) is 29.8 Å². The van der Waals surface area contributed by atoms with E-state index < -0.39 is 15.7 Å². The molecule has 0 fully saturated rings. The van der Waals surface area contributed by atoms with Gasteiger partial charge in [-0.05, 0) is 30.7 Å². The van der Waals surface area contributed by atoms with Crippen LogP contribution < -0.4 is 5.32 Å². The number of imidazole rings is 1. The molecule has 1 aromatic carbocycles. The molecule has 0 saturated carbocycles. The maximum Gasteiger partial charge on any atom is 0.252 e. The van der Waals surface area contributed by atoms with E-state index in [0.717, 1.165) is 17.2 Å². The zero-order chi connectivity index (χ0) is 19.4. The molecule has 0 aliphatic carbocycles. The Balaban J connectivity index is 1.73. The third-order valence-electron chi connectivity index (χ3n) is 4.18. The van der Waals surface area contributed by atoms with Crippen LogP contribution in [0.2, 0.25) is 0 Å². The highest BCUT2D eigenvalue weighted by molar-refractivity contribution is 7.91. The van der Waals surface area contributed by atoms with Gasteiger partial charge in [-0.3, -0.25) is 9.36 Å². The van der Waals surface area contributed by atoms with Crippen molar-refractivity contribution in [3.05, 3.63) is 71.9 Å². The molecule has 3 rings (SSSR count).